The van der Waals surface area contributed by atoms with E-state index in [4.69, 9.17) is 5.11 Å². The Morgan fingerprint density at radius 3 is 2.71 bits per heavy atom. The molecule has 1 rings (SSSR count). The largest absolute Gasteiger partial charge is 0.396 e. The Bertz CT molecular complexity index is 307. The zero-order valence-electron chi connectivity index (χ0n) is 12.0. The van der Waals surface area contributed by atoms with E-state index in [-0.39, 0.29) is 0 Å². The topological polar surface area (TPSA) is 20.2 Å². The van der Waals surface area contributed by atoms with Gasteiger partial charge >= 0.3 is 0 Å². The number of aliphatic hydroxyl groups is 1. The molecule has 0 bridgehead atoms. The molecule has 0 unspecified atom stereocenters. The van der Waals surface area contributed by atoms with Crippen molar-refractivity contribution in [3.63, 3.8) is 0 Å². The van der Waals surface area contributed by atoms with Crippen LogP contribution >= 0.6 is 0 Å². The molecule has 0 aromatic carbocycles. The molecule has 17 heavy (non-hydrogen) atoms. The fraction of sp³-hybridized carbons (Fsp3) is 0.750. The van der Waals surface area contributed by atoms with E-state index in [1.807, 2.05) is 0 Å². The molecule has 0 heterocycles. The summed E-state index contributed by atoms with van der Waals surface area (Å²) in [7, 11) is 0. The Balaban J connectivity index is 2.66. The van der Waals surface area contributed by atoms with E-state index in [0.717, 1.165) is 19.3 Å². The van der Waals surface area contributed by atoms with Gasteiger partial charge in [-0.3, -0.25) is 0 Å². The Labute approximate surface area is 107 Å². The zero-order chi connectivity index (χ0) is 12.9. The average Bonchev–Trinajstić information content (AvgIpc) is 2.24. The molecule has 0 atom stereocenters. The number of aliphatic hydroxyl groups excluding tert-OH is 1. The van der Waals surface area contributed by atoms with Gasteiger partial charge < -0.3 is 5.11 Å². The van der Waals surface area contributed by atoms with Crippen LogP contribution in [0.4, 0.5) is 0 Å². The highest BCUT2D eigenvalue weighted by Gasteiger charge is 2.27. The highest BCUT2D eigenvalue weighted by molar-refractivity contribution is 5.25. The van der Waals surface area contributed by atoms with Gasteiger partial charge in [0.1, 0.15) is 0 Å². The maximum atomic E-state index is 8.82. The number of hydrogen-bond acceptors (Lipinski definition) is 1. The second-order valence-corrected chi connectivity index (χ2v) is 6.08. The first kappa shape index (κ1) is 14.5. The minimum Gasteiger partial charge on any atom is -0.396 e. The van der Waals surface area contributed by atoms with E-state index in [1.165, 1.54) is 24.8 Å². The predicted molar refractivity (Wildman–Crippen MR) is 75.0 cm³/mol. The first-order valence-electron chi connectivity index (χ1n) is 6.93. The van der Waals surface area contributed by atoms with Crippen LogP contribution in [0.2, 0.25) is 0 Å². The predicted octanol–water partition coefficient (Wildman–Crippen LogP) is 4.62. The van der Waals surface area contributed by atoms with Gasteiger partial charge in [0.05, 0.1) is 0 Å². The molecule has 98 valence electrons. The summed E-state index contributed by atoms with van der Waals surface area (Å²) in [6, 6.07) is 0. The van der Waals surface area contributed by atoms with Crippen LogP contribution in [0.15, 0.2) is 22.8 Å². The van der Waals surface area contributed by atoms with Crippen LogP contribution in [0.25, 0.3) is 0 Å². The average molecular weight is 236 g/mol. The van der Waals surface area contributed by atoms with Crippen LogP contribution in [-0.4, -0.2) is 11.7 Å². The van der Waals surface area contributed by atoms with Gasteiger partial charge in [-0.15, -0.1) is 0 Å². The molecule has 0 saturated carbocycles. The third kappa shape index (κ3) is 4.31. The maximum absolute atomic E-state index is 8.82. The lowest BCUT2D eigenvalue weighted by atomic mass is 9.71. The van der Waals surface area contributed by atoms with Gasteiger partial charge in [0.2, 0.25) is 0 Å². The zero-order valence-corrected chi connectivity index (χ0v) is 12.0. The molecule has 0 aromatic heterocycles. The van der Waals surface area contributed by atoms with Crippen molar-refractivity contribution in [2.75, 3.05) is 6.61 Å². The monoisotopic (exact) mass is 236 g/mol. The maximum Gasteiger partial charge on any atom is 0.0434 e. The Kier molecular flexibility index (Phi) is 5.45. The van der Waals surface area contributed by atoms with Crippen molar-refractivity contribution in [2.45, 2.75) is 66.2 Å². The summed E-state index contributed by atoms with van der Waals surface area (Å²) in [6.45, 7) is 9.54. The highest BCUT2D eigenvalue weighted by Crippen LogP contribution is 2.42. The van der Waals surface area contributed by atoms with Gasteiger partial charge in [-0.2, -0.15) is 0 Å². The van der Waals surface area contributed by atoms with Crippen LogP contribution in [0, 0.1) is 5.41 Å². The normalized spacial score (nSPS) is 20.9. The van der Waals surface area contributed by atoms with Crippen LogP contribution < -0.4 is 0 Å². The third-order valence-electron chi connectivity index (χ3n) is 4.07. The van der Waals surface area contributed by atoms with E-state index < -0.39 is 0 Å². The minimum absolute atomic E-state index is 0.304. The van der Waals surface area contributed by atoms with Crippen molar-refractivity contribution in [1.29, 1.82) is 0 Å². The molecule has 0 spiro atoms. The van der Waals surface area contributed by atoms with Crippen molar-refractivity contribution in [3.05, 3.63) is 22.8 Å². The number of rotatable bonds is 5. The molecule has 0 radical (unpaired) electrons. The van der Waals surface area contributed by atoms with Crippen molar-refractivity contribution < 1.29 is 5.11 Å². The van der Waals surface area contributed by atoms with Gasteiger partial charge in [-0.1, -0.05) is 36.6 Å². The van der Waals surface area contributed by atoms with Crippen molar-refractivity contribution in [3.8, 4) is 0 Å². The van der Waals surface area contributed by atoms with Crippen LogP contribution in [0.3, 0.4) is 0 Å². The van der Waals surface area contributed by atoms with Crippen LogP contribution in [-0.2, 0) is 0 Å². The lowest BCUT2D eigenvalue weighted by Crippen LogP contribution is -2.20. The van der Waals surface area contributed by atoms with E-state index in [2.05, 4.69) is 33.8 Å². The summed E-state index contributed by atoms with van der Waals surface area (Å²) in [5, 5.41) is 8.82. The molecule has 1 aliphatic carbocycles. The van der Waals surface area contributed by atoms with Gasteiger partial charge in [0.15, 0.2) is 0 Å². The lowest BCUT2D eigenvalue weighted by molar-refractivity contribution is 0.288. The molecule has 0 aliphatic heterocycles. The SMILES string of the molecule is CC1=C(C/C=C(/C)CCCO)C(C)(C)CCC1. The molecule has 1 heteroatoms. The van der Waals surface area contributed by atoms with Crippen molar-refractivity contribution >= 4 is 0 Å². The quantitative estimate of drug-likeness (QED) is 0.690. The van der Waals surface area contributed by atoms with Gasteiger partial charge in [-0.25, -0.2) is 0 Å². The van der Waals surface area contributed by atoms with E-state index >= 15 is 0 Å². The van der Waals surface area contributed by atoms with Crippen LogP contribution in [0.5, 0.6) is 0 Å². The summed E-state index contributed by atoms with van der Waals surface area (Å²) in [5.41, 5.74) is 5.05. The van der Waals surface area contributed by atoms with Gasteiger partial charge in [-0.05, 0) is 57.8 Å². The molecule has 0 saturated heterocycles. The molecule has 0 amide bonds. The van der Waals surface area contributed by atoms with E-state index in [1.54, 1.807) is 11.1 Å². The van der Waals surface area contributed by atoms with E-state index in [9.17, 15) is 0 Å². The molecule has 1 aliphatic rings. The molecular formula is C16H28O. The fourth-order valence-electron chi connectivity index (χ4n) is 2.86. The third-order valence-corrected chi connectivity index (χ3v) is 4.07. The number of hydrogen-bond donors (Lipinski definition) is 1. The summed E-state index contributed by atoms with van der Waals surface area (Å²) in [6.07, 6.45) is 9.34. The van der Waals surface area contributed by atoms with Crippen LogP contribution in [0.1, 0.15) is 66.2 Å². The summed E-state index contributed by atoms with van der Waals surface area (Å²) >= 11 is 0. The van der Waals surface area contributed by atoms with E-state index in [0.29, 0.717) is 12.0 Å². The second kappa shape index (κ2) is 6.39. The lowest BCUT2D eigenvalue weighted by Gasteiger charge is -2.34. The molecule has 1 N–H and O–H groups in total. The molecular weight excluding hydrogens is 208 g/mol. The standard InChI is InChI=1S/C16H28O/c1-13(7-6-12-17)9-10-15-14(2)8-5-11-16(15,3)4/h9,17H,5-8,10-12H2,1-4H3/b13-9-. The van der Waals surface area contributed by atoms with Gasteiger partial charge in [0, 0.05) is 6.61 Å². The first-order valence-corrected chi connectivity index (χ1v) is 6.93. The first-order chi connectivity index (χ1) is 7.97. The summed E-state index contributed by atoms with van der Waals surface area (Å²) < 4.78 is 0. The van der Waals surface area contributed by atoms with Crippen molar-refractivity contribution in [1.82, 2.24) is 0 Å². The fourth-order valence-corrected chi connectivity index (χ4v) is 2.86. The highest BCUT2D eigenvalue weighted by atomic mass is 16.2. The summed E-state index contributed by atoms with van der Waals surface area (Å²) in [5.74, 6) is 0. The Hall–Kier alpha value is -0.560. The number of allylic oxidation sites excluding steroid dienone is 4. The smallest absolute Gasteiger partial charge is 0.0434 e. The Morgan fingerprint density at radius 1 is 1.41 bits per heavy atom. The summed E-state index contributed by atoms with van der Waals surface area (Å²) in [4.78, 5) is 0. The Morgan fingerprint density at radius 2 is 2.12 bits per heavy atom. The molecule has 1 nitrogen and oxygen atoms in total. The second-order valence-electron chi connectivity index (χ2n) is 6.08. The minimum atomic E-state index is 0.304. The molecule has 0 aromatic rings. The van der Waals surface area contributed by atoms with Gasteiger partial charge in [0.25, 0.3) is 0 Å². The molecule has 0 fully saturated rings. The van der Waals surface area contributed by atoms with Crippen molar-refractivity contribution in [2.24, 2.45) is 5.41 Å².